The summed E-state index contributed by atoms with van der Waals surface area (Å²) >= 11 is 0. The zero-order valence-corrected chi connectivity index (χ0v) is 12.0. The molecule has 1 aromatic rings. The van der Waals surface area contributed by atoms with Crippen LogP contribution in [0, 0.1) is 5.92 Å². The van der Waals surface area contributed by atoms with Crippen LogP contribution in [0.25, 0.3) is 0 Å². The van der Waals surface area contributed by atoms with E-state index in [2.05, 4.69) is 12.2 Å². The number of phenols is 1. The summed E-state index contributed by atoms with van der Waals surface area (Å²) in [4.78, 5) is 0. The first kappa shape index (κ1) is 13.6. The van der Waals surface area contributed by atoms with Crippen molar-refractivity contribution in [3.05, 3.63) is 17.7 Å². The van der Waals surface area contributed by atoms with E-state index in [1.165, 1.54) is 32.1 Å². The maximum Gasteiger partial charge on any atom is 0.231 e. The summed E-state index contributed by atoms with van der Waals surface area (Å²) in [5, 5.41) is 13.6. The predicted molar refractivity (Wildman–Crippen MR) is 77.1 cm³/mol. The first-order valence-electron chi connectivity index (χ1n) is 7.59. The molecule has 1 aliphatic heterocycles. The number of rotatable bonds is 4. The second-order valence-corrected chi connectivity index (χ2v) is 5.90. The molecule has 110 valence electrons. The Morgan fingerprint density at radius 2 is 1.90 bits per heavy atom. The molecule has 4 nitrogen and oxygen atoms in total. The highest BCUT2D eigenvalue weighted by Gasteiger charge is 2.21. The minimum atomic E-state index is 0.240. The van der Waals surface area contributed by atoms with Crippen LogP contribution in [0.3, 0.4) is 0 Å². The molecule has 4 heteroatoms. The molecule has 0 aromatic heterocycles. The van der Waals surface area contributed by atoms with Crippen LogP contribution in [0.1, 0.15) is 44.6 Å². The molecule has 0 radical (unpaired) electrons. The lowest BCUT2D eigenvalue weighted by Gasteiger charge is -2.28. The van der Waals surface area contributed by atoms with Gasteiger partial charge in [-0.1, -0.05) is 19.3 Å². The molecule has 1 fully saturated rings. The van der Waals surface area contributed by atoms with Crippen LogP contribution in [0.2, 0.25) is 0 Å². The lowest BCUT2D eigenvalue weighted by molar-refractivity contribution is 0.174. The largest absolute Gasteiger partial charge is 0.507 e. The van der Waals surface area contributed by atoms with Gasteiger partial charge in [0.2, 0.25) is 6.79 Å². The van der Waals surface area contributed by atoms with E-state index in [4.69, 9.17) is 9.47 Å². The fourth-order valence-electron chi connectivity index (χ4n) is 3.19. The summed E-state index contributed by atoms with van der Waals surface area (Å²) in [6.45, 7) is 3.16. The second kappa shape index (κ2) is 5.92. The number of fused-ring (bicyclic) bond motifs is 1. The lowest BCUT2D eigenvalue weighted by atomic mass is 9.84. The Morgan fingerprint density at radius 1 is 1.20 bits per heavy atom. The van der Waals surface area contributed by atoms with Gasteiger partial charge in [0.15, 0.2) is 11.5 Å². The standard InChI is InChI=1S/C16H23NO3/c1-11(12-5-3-2-4-6-12)17-9-13-7-15-16(8-14(13)18)20-10-19-15/h7-8,11-12,17-18H,2-6,9-10H2,1H3. The quantitative estimate of drug-likeness (QED) is 0.887. The summed E-state index contributed by atoms with van der Waals surface area (Å²) < 4.78 is 10.6. The van der Waals surface area contributed by atoms with Gasteiger partial charge in [0.25, 0.3) is 0 Å². The third kappa shape index (κ3) is 2.85. The van der Waals surface area contributed by atoms with E-state index in [9.17, 15) is 5.11 Å². The first-order valence-corrected chi connectivity index (χ1v) is 7.59. The molecule has 20 heavy (non-hydrogen) atoms. The normalized spacial score (nSPS) is 20.1. The number of hydrogen-bond acceptors (Lipinski definition) is 4. The summed E-state index contributed by atoms with van der Waals surface area (Å²) in [6, 6.07) is 4.00. The van der Waals surface area contributed by atoms with Crippen molar-refractivity contribution in [3.8, 4) is 17.2 Å². The maximum atomic E-state index is 10.0. The van der Waals surface area contributed by atoms with E-state index in [0.717, 1.165) is 17.2 Å². The van der Waals surface area contributed by atoms with Crippen LogP contribution >= 0.6 is 0 Å². The van der Waals surface area contributed by atoms with Crippen LogP contribution < -0.4 is 14.8 Å². The van der Waals surface area contributed by atoms with Gasteiger partial charge in [0.05, 0.1) is 0 Å². The molecular formula is C16H23NO3. The molecule has 0 amide bonds. The van der Waals surface area contributed by atoms with Gasteiger partial charge >= 0.3 is 0 Å². The first-order chi connectivity index (χ1) is 9.74. The predicted octanol–water partition coefficient (Wildman–Crippen LogP) is 3.18. The number of benzene rings is 1. The molecular weight excluding hydrogens is 254 g/mol. The molecule has 1 heterocycles. The topological polar surface area (TPSA) is 50.7 Å². The molecule has 3 rings (SSSR count). The van der Waals surface area contributed by atoms with Crippen molar-refractivity contribution in [1.29, 1.82) is 0 Å². The maximum absolute atomic E-state index is 10.0. The van der Waals surface area contributed by atoms with Crippen molar-refractivity contribution < 1.29 is 14.6 Å². The van der Waals surface area contributed by atoms with Crippen molar-refractivity contribution in [2.24, 2.45) is 5.92 Å². The Hall–Kier alpha value is -1.42. The SMILES string of the molecule is CC(NCc1cc2c(cc1O)OCO2)C1CCCCC1. The average molecular weight is 277 g/mol. The van der Waals surface area contributed by atoms with Crippen LogP contribution in [0.5, 0.6) is 17.2 Å². The molecule has 1 unspecified atom stereocenters. The van der Waals surface area contributed by atoms with Crippen LogP contribution in [0.15, 0.2) is 12.1 Å². The third-order valence-corrected chi connectivity index (χ3v) is 4.55. The second-order valence-electron chi connectivity index (χ2n) is 5.90. The zero-order chi connectivity index (χ0) is 13.9. The number of aromatic hydroxyl groups is 1. The lowest BCUT2D eigenvalue weighted by Crippen LogP contribution is -2.34. The molecule has 0 spiro atoms. The minimum Gasteiger partial charge on any atom is -0.507 e. The molecule has 1 saturated carbocycles. The van der Waals surface area contributed by atoms with Crippen molar-refractivity contribution in [2.45, 2.75) is 51.6 Å². The van der Waals surface area contributed by atoms with E-state index in [0.29, 0.717) is 18.3 Å². The van der Waals surface area contributed by atoms with Gasteiger partial charge in [-0.3, -0.25) is 0 Å². The number of hydrogen-bond donors (Lipinski definition) is 2. The molecule has 0 bridgehead atoms. The highest BCUT2D eigenvalue weighted by atomic mass is 16.7. The Kier molecular flexibility index (Phi) is 4.01. The van der Waals surface area contributed by atoms with Crippen molar-refractivity contribution >= 4 is 0 Å². The summed E-state index contributed by atoms with van der Waals surface area (Å²) in [5.74, 6) is 2.40. The van der Waals surface area contributed by atoms with Gasteiger partial charge in [-0.15, -0.1) is 0 Å². The van der Waals surface area contributed by atoms with Crippen LogP contribution in [-0.4, -0.2) is 17.9 Å². The Bertz CT molecular complexity index is 469. The Labute approximate surface area is 120 Å². The minimum absolute atomic E-state index is 0.240. The fourth-order valence-corrected chi connectivity index (χ4v) is 3.19. The number of ether oxygens (including phenoxy) is 2. The third-order valence-electron chi connectivity index (χ3n) is 4.55. The zero-order valence-electron chi connectivity index (χ0n) is 12.0. The van der Waals surface area contributed by atoms with Gasteiger partial charge in [-0.2, -0.15) is 0 Å². The van der Waals surface area contributed by atoms with Crippen molar-refractivity contribution in [3.63, 3.8) is 0 Å². The van der Waals surface area contributed by atoms with Gasteiger partial charge in [0.1, 0.15) is 5.75 Å². The summed E-state index contributed by atoms with van der Waals surface area (Å²) in [5.41, 5.74) is 0.872. The van der Waals surface area contributed by atoms with E-state index in [-0.39, 0.29) is 12.5 Å². The van der Waals surface area contributed by atoms with Gasteiger partial charge in [-0.25, -0.2) is 0 Å². The summed E-state index contributed by atoms with van der Waals surface area (Å²) in [6.07, 6.45) is 6.73. The molecule has 0 saturated heterocycles. The van der Waals surface area contributed by atoms with Crippen molar-refractivity contribution in [1.82, 2.24) is 5.32 Å². The van der Waals surface area contributed by atoms with Crippen molar-refractivity contribution in [2.75, 3.05) is 6.79 Å². The molecule has 2 N–H and O–H groups in total. The highest BCUT2D eigenvalue weighted by Crippen LogP contribution is 2.37. The van der Waals surface area contributed by atoms with Crippen LogP contribution in [-0.2, 0) is 6.54 Å². The van der Waals surface area contributed by atoms with Gasteiger partial charge in [0, 0.05) is 24.2 Å². The number of phenolic OH excluding ortho intramolecular Hbond substituents is 1. The van der Waals surface area contributed by atoms with Crippen LogP contribution in [0.4, 0.5) is 0 Å². The molecule has 1 atom stereocenters. The van der Waals surface area contributed by atoms with E-state index >= 15 is 0 Å². The summed E-state index contributed by atoms with van der Waals surface area (Å²) in [7, 11) is 0. The van der Waals surface area contributed by atoms with E-state index in [1.807, 2.05) is 6.07 Å². The average Bonchev–Trinajstić information content (AvgIpc) is 2.92. The molecule has 1 aromatic carbocycles. The Morgan fingerprint density at radius 3 is 2.65 bits per heavy atom. The number of nitrogens with one attached hydrogen (secondary N) is 1. The monoisotopic (exact) mass is 277 g/mol. The smallest absolute Gasteiger partial charge is 0.231 e. The Balaban J connectivity index is 1.60. The van der Waals surface area contributed by atoms with E-state index in [1.54, 1.807) is 6.07 Å². The van der Waals surface area contributed by atoms with Gasteiger partial charge in [-0.05, 0) is 31.7 Å². The van der Waals surface area contributed by atoms with Gasteiger partial charge < -0.3 is 19.9 Å². The van der Waals surface area contributed by atoms with E-state index < -0.39 is 0 Å². The fraction of sp³-hybridized carbons (Fsp3) is 0.625. The molecule has 1 aliphatic carbocycles. The highest BCUT2D eigenvalue weighted by molar-refractivity contribution is 5.51. The molecule has 2 aliphatic rings.